The van der Waals surface area contributed by atoms with Crippen LogP contribution in [0, 0.1) is 6.92 Å². The Labute approximate surface area is 163 Å². The summed E-state index contributed by atoms with van der Waals surface area (Å²) in [5, 5.41) is 3.57. The first-order chi connectivity index (χ1) is 13.0. The van der Waals surface area contributed by atoms with Crippen molar-refractivity contribution < 1.29 is 4.79 Å². The van der Waals surface area contributed by atoms with Crippen molar-refractivity contribution in [2.24, 2.45) is 0 Å². The second kappa shape index (κ2) is 7.21. The lowest BCUT2D eigenvalue weighted by molar-refractivity contribution is 0.102. The van der Waals surface area contributed by atoms with E-state index < -0.39 is 0 Å². The first-order valence-corrected chi connectivity index (χ1v) is 9.38. The fourth-order valence-electron chi connectivity index (χ4n) is 3.42. The van der Waals surface area contributed by atoms with Gasteiger partial charge in [0.2, 0.25) is 0 Å². The van der Waals surface area contributed by atoms with Gasteiger partial charge in [0.05, 0.1) is 5.69 Å². The first kappa shape index (κ1) is 17.8. The van der Waals surface area contributed by atoms with E-state index in [1.807, 2.05) is 19.1 Å². The summed E-state index contributed by atoms with van der Waals surface area (Å²) in [6.07, 6.45) is 1.77. The molecule has 6 nitrogen and oxygen atoms in total. The van der Waals surface area contributed by atoms with E-state index in [1.165, 1.54) is 5.69 Å². The summed E-state index contributed by atoms with van der Waals surface area (Å²) >= 11 is 6.02. The summed E-state index contributed by atoms with van der Waals surface area (Å²) in [6, 6.07) is 11.5. The van der Waals surface area contributed by atoms with Gasteiger partial charge in [-0.2, -0.15) is 0 Å². The largest absolute Gasteiger partial charge is 0.369 e. The minimum atomic E-state index is -0.185. The Morgan fingerprint density at radius 3 is 2.52 bits per heavy atom. The Hall–Kier alpha value is -2.57. The molecule has 3 heterocycles. The maximum atomic E-state index is 12.8. The van der Waals surface area contributed by atoms with Crippen LogP contribution in [0.3, 0.4) is 0 Å². The smallest absolute Gasteiger partial charge is 0.274 e. The zero-order valence-corrected chi connectivity index (χ0v) is 16.2. The summed E-state index contributed by atoms with van der Waals surface area (Å²) < 4.78 is 1.76. The minimum Gasteiger partial charge on any atom is -0.369 e. The predicted molar refractivity (Wildman–Crippen MR) is 109 cm³/mol. The van der Waals surface area contributed by atoms with Crippen LogP contribution in [-0.2, 0) is 0 Å². The number of benzene rings is 1. The summed E-state index contributed by atoms with van der Waals surface area (Å²) in [7, 11) is 2.14. The predicted octanol–water partition coefficient (Wildman–Crippen LogP) is 3.30. The first-order valence-electron chi connectivity index (χ1n) is 9.00. The number of fused-ring (bicyclic) bond motifs is 1. The molecule has 0 spiro atoms. The van der Waals surface area contributed by atoms with Crippen molar-refractivity contribution in [1.82, 2.24) is 14.3 Å². The van der Waals surface area contributed by atoms with Crippen molar-refractivity contribution >= 4 is 34.5 Å². The highest BCUT2D eigenvalue weighted by molar-refractivity contribution is 6.30. The Balaban J connectivity index is 1.51. The van der Waals surface area contributed by atoms with Crippen LogP contribution in [0.15, 0.2) is 42.6 Å². The Morgan fingerprint density at radius 2 is 1.81 bits per heavy atom. The number of amides is 1. The number of likely N-dealkylation sites (N-methyl/N-ethyl adjacent to an activating group) is 1. The number of nitrogens with one attached hydrogen (secondary N) is 1. The quantitative estimate of drug-likeness (QED) is 0.754. The number of rotatable bonds is 3. The Morgan fingerprint density at radius 1 is 1.11 bits per heavy atom. The van der Waals surface area contributed by atoms with Gasteiger partial charge in [0.25, 0.3) is 5.91 Å². The van der Waals surface area contributed by atoms with Crippen molar-refractivity contribution in [1.29, 1.82) is 0 Å². The van der Waals surface area contributed by atoms with Crippen LogP contribution < -0.4 is 10.2 Å². The molecule has 1 fully saturated rings. The number of nitrogens with zero attached hydrogens (tertiary/aromatic N) is 4. The molecule has 1 N–H and O–H groups in total. The number of anilines is 2. The molecular formula is C20H22ClN5O. The number of carbonyl (C=O) groups excluding carboxylic acids is 1. The van der Waals surface area contributed by atoms with Crippen LogP contribution in [0.4, 0.5) is 11.4 Å². The van der Waals surface area contributed by atoms with Crippen molar-refractivity contribution in [2.45, 2.75) is 6.92 Å². The molecule has 1 amide bonds. The van der Waals surface area contributed by atoms with Crippen LogP contribution in [0.1, 0.15) is 16.2 Å². The molecule has 27 heavy (non-hydrogen) atoms. The van der Waals surface area contributed by atoms with Gasteiger partial charge in [-0.15, -0.1) is 0 Å². The summed E-state index contributed by atoms with van der Waals surface area (Å²) in [4.78, 5) is 21.9. The topological polar surface area (TPSA) is 52.9 Å². The third kappa shape index (κ3) is 3.63. The zero-order chi connectivity index (χ0) is 19.0. The number of imidazole rings is 1. The number of aromatic nitrogens is 2. The van der Waals surface area contributed by atoms with Crippen LogP contribution in [0.5, 0.6) is 0 Å². The lowest BCUT2D eigenvalue weighted by atomic mass is 10.2. The van der Waals surface area contributed by atoms with Crippen molar-refractivity contribution in [3.05, 3.63) is 59.0 Å². The molecule has 1 aromatic carbocycles. The van der Waals surface area contributed by atoms with Gasteiger partial charge in [0.15, 0.2) is 0 Å². The molecule has 2 aromatic heterocycles. The Bertz CT molecular complexity index is 974. The zero-order valence-electron chi connectivity index (χ0n) is 15.4. The maximum Gasteiger partial charge on any atom is 0.274 e. The van der Waals surface area contributed by atoms with Crippen LogP contribution in [0.25, 0.3) is 5.65 Å². The van der Waals surface area contributed by atoms with Crippen molar-refractivity contribution in [3.8, 4) is 0 Å². The highest BCUT2D eigenvalue weighted by Crippen LogP contribution is 2.21. The number of hydrogen-bond acceptors (Lipinski definition) is 4. The van der Waals surface area contributed by atoms with Crippen LogP contribution >= 0.6 is 11.6 Å². The molecule has 0 radical (unpaired) electrons. The monoisotopic (exact) mass is 383 g/mol. The number of aryl methyl sites for hydroxylation is 1. The number of carbonyl (C=O) groups is 1. The lowest BCUT2D eigenvalue weighted by Gasteiger charge is -2.34. The van der Waals surface area contributed by atoms with Gasteiger partial charge in [-0.05, 0) is 44.3 Å². The van der Waals surface area contributed by atoms with E-state index >= 15 is 0 Å². The third-order valence-corrected chi connectivity index (χ3v) is 5.21. The lowest BCUT2D eigenvalue weighted by Crippen LogP contribution is -2.44. The van der Waals surface area contributed by atoms with Gasteiger partial charge in [-0.25, -0.2) is 4.98 Å². The molecule has 0 unspecified atom stereocenters. The number of pyridine rings is 1. The van der Waals surface area contributed by atoms with Gasteiger partial charge in [0.1, 0.15) is 11.3 Å². The van der Waals surface area contributed by atoms with Crippen LogP contribution in [0.2, 0.25) is 5.02 Å². The Kier molecular flexibility index (Phi) is 4.76. The molecule has 0 bridgehead atoms. The molecule has 0 saturated carbocycles. The molecule has 1 aliphatic rings. The second-order valence-corrected chi connectivity index (χ2v) is 7.35. The van der Waals surface area contributed by atoms with E-state index in [1.54, 1.807) is 22.7 Å². The summed E-state index contributed by atoms with van der Waals surface area (Å²) in [5.41, 5.74) is 3.80. The van der Waals surface area contributed by atoms with Crippen molar-refractivity contribution in [2.75, 3.05) is 43.4 Å². The van der Waals surface area contributed by atoms with E-state index in [-0.39, 0.29) is 5.91 Å². The molecule has 7 heteroatoms. The summed E-state index contributed by atoms with van der Waals surface area (Å²) in [6.45, 7) is 6.00. The average molecular weight is 384 g/mol. The second-order valence-electron chi connectivity index (χ2n) is 6.91. The molecule has 4 rings (SSSR count). The third-order valence-electron chi connectivity index (χ3n) is 4.97. The van der Waals surface area contributed by atoms with E-state index in [2.05, 4.69) is 39.3 Å². The molecule has 140 valence electrons. The normalized spacial score (nSPS) is 15.3. The number of hydrogen-bond donors (Lipinski definition) is 1. The van der Waals surface area contributed by atoms with Gasteiger partial charge in [-0.3, -0.25) is 9.20 Å². The highest BCUT2D eigenvalue weighted by Gasteiger charge is 2.18. The standard InChI is InChI=1S/C20H22ClN5O/c1-14-19(26-8-7-15(21)13-18(26)22-14)20(27)23-16-3-5-17(6-4-16)25-11-9-24(2)10-12-25/h3-8,13H,9-12H2,1-2H3,(H,23,27). The maximum absolute atomic E-state index is 12.8. The van der Waals surface area contributed by atoms with Gasteiger partial charge >= 0.3 is 0 Å². The fraction of sp³-hybridized carbons (Fsp3) is 0.300. The molecular weight excluding hydrogens is 362 g/mol. The molecule has 0 atom stereocenters. The van der Waals surface area contributed by atoms with Crippen molar-refractivity contribution in [3.63, 3.8) is 0 Å². The number of piperazine rings is 1. The van der Waals surface area contributed by atoms with E-state index in [0.29, 0.717) is 22.1 Å². The minimum absolute atomic E-state index is 0.185. The molecule has 1 aliphatic heterocycles. The van der Waals surface area contributed by atoms with Crippen LogP contribution in [-0.4, -0.2) is 53.4 Å². The highest BCUT2D eigenvalue weighted by atomic mass is 35.5. The van der Waals surface area contributed by atoms with Gasteiger partial charge < -0.3 is 15.1 Å². The molecule has 0 aliphatic carbocycles. The van der Waals surface area contributed by atoms with E-state index in [9.17, 15) is 4.79 Å². The summed E-state index contributed by atoms with van der Waals surface area (Å²) in [5.74, 6) is -0.185. The van der Waals surface area contributed by atoms with Gasteiger partial charge in [-0.1, -0.05) is 11.6 Å². The average Bonchev–Trinajstić information content (AvgIpc) is 2.98. The molecule has 3 aromatic rings. The van der Waals surface area contributed by atoms with Gasteiger partial charge in [0, 0.05) is 54.8 Å². The SMILES string of the molecule is Cc1nc2cc(Cl)ccn2c1C(=O)Nc1ccc(N2CCN(C)CC2)cc1. The number of halogens is 1. The van der Waals surface area contributed by atoms with E-state index in [0.717, 1.165) is 31.9 Å². The molecule has 1 saturated heterocycles. The van der Waals surface area contributed by atoms with E-state index in [4.69, 9.17) is 11.6 Å². The fourth-order valence-corrected chi connectivity index (χ4v) is 3.58.